The number of benzene rings is 3. The fourth-order valence-corrected chi connectivity index (χ4v) is 4.24. The van der Waals surface area contributed by atoms with Gasteiger partial charge >= 0.3 is 0 Å². The Kier molecular flexibility index (Phi) is 7.22. The molecule has 154 valence electrons. The fraction of sp³-hybridized carbons (Fsp3) is 0.286. The third-order valence-electron chi connectivity index (χ3n) is 5.86. The summed E-state index contributed by atoms with van der Waals surface area (Å²) in [5.74, 6) is 1.39. The van der Waals surface area contributed by atoms with Gasteiger partial charge in [-0.3, -0.25) is 0 Å². The molecule has 0 spiro atoms. The van der Waals surface area contributed by atoms with Crippen LogP contribution in [0.5, 0.6) is 0 Å². The van der Waals surface area contributed by atoms with Crippen molar-refractivity contribution in [3.05, 3.63) is 114 Å². The van der Waals surface area contributed by atoms with Gasteiger partial charge in [-0.2, -0.15) is 0 Å². The summed E-state index contributed by atoms with van der Waals surface area (Å²) in [6, 6.07) is 32.4. The normalized spacial score (nSPS) is 13.7. The Hall–Kier alpha value is -3.00. The second-order valence-corrected chi connectivity index (χ2v) is 8.07. The molecule has 0 amide bonds. The highest BCUT2D eigenvalue weighted by atomic mass is 15.4. The van der Waals surface area contributed by atoms with Gasteiger partial charge in [0.05, 0.1) is 0 Å². The molecule has 0 atom stereocenters. The van der Waals surface area contributed by atoms with Gasteiger partial charge in [-0.1, -0.05) is 91.0 Å². The maximum Gasteiger partial charge on any atom is 0.105 e. The smallest absolute Gasteiger partial charge is 0.105 e. The summed E-state index contributed by atoms with van der Waals surface area (Å²) in [6.07, 6.45) is 7.04. The van der Waals surface area contributed by atoms with Gasteiger partial charge < -0.3 is 9.80 Å². The van der Waals surface area contributed by atoms with E-state index in [2.05, 4.69) is 107 Å². The predicted octanol–water partition coefficient (Wildman–Crippen LogP) is 5.87. The summed E-state index contributed by atoms with van der Waals surface area (Å²) in [5, 5.41) is 0. The third-order valence-corrected chi connectivity index (χ3v) is 5.86. The number of hydrogen-bond donors (Lipinski definition) is 0. The van der Waals surface area contributed by atoms with Crippen molar-refractivity contribution in [3.63, 3.8) is 0 Å². The molecule has 1 aliphatic rings. The van der Waals surface area contributed by atoms with Crippen LogP contribution in [0, 0.1) is 0 Å². The van der Waals surface area contributed by atoms with Crippen molar-refractivity contribution in [2.24, 2.45) is 0 Å². The van der Waals surface area contributed by atoms with Gasteiger partial charge in [0.1, 0.15) is 5.82 Å². The van der Waals surface area contributed by atoms with Crippen LogP contribution in [0.1, 0.15) is 29.5 Å². The Balaban J connectivity index is 1.38. The van der Waals surface area contributed by atoms with Gasteiger partial charge in [-0.05, 0) is 48.4 Å². The third kappa shape index (κ3) is 5.76. The Morgan fingerprint density at radius 2 is 1.00 bits per heavy atom. The molecule has 2 nitrogen and oxygen atoms in total. The van der Waals surface area contributed by atoms with Crippen LogP contribution in [0.3, 0.4) is 0 Å². The van der Waals surface area contributed by atoms with Gasteiger partial charge in [0.2, 0.25) is 0 Å². The highest BCUT2D eigenvalue weighted by Gasteiger charge is 2.23. The summed E-state index contributed by atoms with van der Waals surface area (Å²) in [5.41, 5.74) is 4.16. The Labute approximate surface area is 181 Å². The minimum Gasteiger partial charge on any atom is -0.356 e. The molecule has 3 aromatic carbocycles. The van der Waals surface area contributed by atoms with E-state index in [1.165, 1.54) is 35.4 Å². The molecule has 0 bridgehead atoms. The van der Waals surface area contributed by atoms with E-state index in [1.54, 1.807) is 0 Å². The van der Waals surface area contributed by atoms with Gasteiger partial charge in [0.25, 0.3) is 0 Å². The molecule has 0 aromatic heterocycles. The van der Waals surface area contributed by atoms with E-state index in [1.807, 2.05) is 0 Å². The van der Waals surface area contributed by atoms with Crippen molar-refractivity contribution < 1.29 is 0 Å². The molecule has 1 heterocycles. The van der Waals surface area contributed by atoms with Crippen molar-refractivity contribution in [2.45, 2.75) is 25.7 Å². The zero-order valence-electron chi connectivity index (χ0n) is 17.8. The molecule has 2 heteroatoms. The Morgan fingerprint density at radius 3 is 1.47 bits per heavy atom. The van der Waals surface area contributed by atoms with Crippen LogP contribution < -0.4 is 0 Å². The second kappa shape index (κ2) is 10.7. The average molecular weight is 397 g/mol. The van der Waals surface area contributed by atoms with Crippen LogP contribution in [0.4, 0.5) is 0 Å². The lowest BCUT2D eigenvalue weighted by atomic mass is 10.1. The SMILES string of the molecule is C(=C1N(CCCc2ccccc2)CCN1CCCc1ccccc1)c1ccccc1. The molecule has 30 heavy (non-hydrogen) atoms. The van der Waals surface area contributed by atoms with Gasteiger partial charge in [0.15, 0.2) is 0 Å². The molecule has 0 N–H and O–H groups in total. The molecular weight excluding hydrogens is 364 g/mol. The maximum atomic E-state index is 2.58. The van der Waals surface area contributed by atoms with Crippen LogP contribution >= 0.6 is 0 Å². The largest absolute Gasteiger partial charge is 0.356 e. The molecule has 4 rings (SSSR count). The van der Waals surface area contributed by atoms with Crippen molar-refractivity contribution >= 4 is 6.08 Å². The zero-order chi connectivity index (χ0) is 20.4. The van der Waals surface area contributed by atoms with Crippen LogP contribution in [-0.4, -0.2) is 36.0 Å². The lowest BCUT2D eigenvalue weighted by Crippen LogP contribution is -2.25. The Morgan fingerprint density at radius 1 is 0.567 bits per heavy atom. The lowest BCUT2D eigenvalue weighted by molar-refractivity contribution is 0.334. The number of hydrogen-bond acceptors (Lipinski definition) is 2. The maximum absolute atomic E-state index is 2.58. The van der Waals surface area contributed by atoms with E-state index in [9.17, 15) is 0 Å². The van der Waals surface area contributed by atoms with Crippen LogP contribution in [0.15, 0.2) is 96.8 Å². The van der Waals surface area contributed by atoms with E-state index in [0.29, 0.717) is 0 Å². The van der Waals surface area contributed by atoms with Gasteiger partial charge in [-0.15, -0.1) is 0 Å². The summed E-state index contributed by atoms with van der Waals surface area (Å²) in [4.78, 5) is 5.16. The number of nitrogens with zero attached hydrogens (tertiary/aromatic N) is 2. The minimum absolute atomic E-state index is 1.11. The first kappa shape index (κ1) is 20.3. The van der Waals surface area contributed by atoms with E-state index in [-0.39, 0.29) is 0 Å². The zero-order valence-corrected chi connectivity index (χ0v) is 17.8. The average Bonchev–Trinajstić information content (AvgIpc) is 3.17. The van der Waals surface area contributed by atoms with Crippen molar-refractivity contribution in [2.75, 3.05) is 26.2 Å². The van der Waals surface area contributed by atoms with Crippen molar-refractivity contribution in [1.29, 1.82) is 0 Å². The highest BCUT2D eigenvalue weighted by Crippen LogP contribution is 2.23. The summed E-state index contributed by atoms with van der Waals surface area (Å²) >= 11 is 0. The standard InChI is InChI=1S/C28H32N2/c1-4-12-25(13-5-1)18-10-20-29-22-23-30(21-11-19-26-14-6-2-7-15-26)28(29)24-27-16-8-3-9-17-27/h1-9,12-17,24H,10-11,18-23H2. The second-order valence-electron chi connectivity index (χ2n) is 8.07. The first-order chi connectivity index (χ1) is 14.9. The number of aryl methyl sites for hydroxylation is 2. The summed E-state index contributed by atoms with van der Waals surface area (Å²) < 4.78 is 0. The van der Waals surface area contributed by atoms with Crippen LogP contribution in [0.25, 0.3) is 6.08 Å². The fourth-order valence-electron chi connectivity index (χ4n) is 4.24. The monoisotopic (exact) mass is 396 g/mol. The molecule has 3 aromatic rings. The first-order valence-corrected chi connectivity index (χ1v) is 11.2. The highest BCUT2D eigenvalue weighted by molar-refractivity contribution is 5.52. The minimum atomic E-state index is 1.11. The molecule has 0 aliphatic carbocycles. The molecule has 0 radical (unpaired) electrons. The molecular formula is C28H32N2. The van der Waals surface area contributed by atoms with Crippen LogP contribution in [0.2, 0.25) is 0 Å². The van der Waals surface area contributed by atoms with Gasteiger partial charge in [-0.25, -0.2) is 0 Å². The molecule has 1 saturated heterocycles. The van der Waals surface area contributed by atoms with Gasteiger partial charge in [0, 0.05) is 26.2 Å². The van der Waals surface area contributed by atoms with E-state index in [0.717, 1.165) is 39.0 Å². The van der Waals surface area contributed by atoms with Crippen molar-refractivity contribution in [3.8, 4) is 0 Å². The summed E-state index contributed by atoms with van der Waals surface area (Å²) in [6.45, 7) is 4.48. The molecule has 1 aliphatic heterocycles. The van der Waals surface area contributed by atoms with Crippen LogP contribution in [-0.2, 0) is 12.8 Å². The van der Waals surface area contributed by atoms with E-state index >= 15 is 0 Å². The molecule has 0 unspecified atom stereocenters. The molecule has 1 fully saturated rings. The molecule has 0 saturated carbocycles. The topological polar surface area (TPSA) is 6.48 Å². The van der Waals surface area contributed by atoms with E-state index < -0.39 is 0 Å². The quantitative estimate of drug-likeness (QED) is 0.446. The number of rotatable bonds is 9. The Bertz CT molecular complexity index is 848. The first-order valence-electron chi connectivity index (χ1n) is 11.2. The lowest BCUT2D eigenvalue weighted by Gasteiger charge is -2.25. The van der Waals surface area contributed by atoms with Crippen molar-refractivity contribution in [1.82, 2.24) is 9.80 Å². The predicted molar refractivity (Wildman–Crippen MR) is 127 cm³/mol. The summed E-state index contributed by atoms with van der Waals surface area (Å²) in [7, 11) is 0. The van der Waals surface area contributed by atoms with E-state index in [4.69, 9.17) is 0 Å².